The Hall–Kier alpha value is 0.894. The molecule has 0 amide bonds. The molecule has 0 aromatic carbocycles. The zero-order valence-electron chi connectivity index (χ0n) is 13.3. The molecule has 0 fully saturated rings. The average Bonchev–Trinajstić information content (AvgIpc) is 2.51. The summed E-state index contributed by atoms with van der Waals surface area (Å²) in [6, 6.07) is 0. The number of rotatable bonds is 12. The zero-order chi connectivity index (χ0) is 15.6. The van der Waals surface area contributed by atoms with Crippen molar-refractivity contribution in [3.05, 3.63) is 0 Å². The zero-order valence-corrected chi connectivity index (χ0v) is 16.9. The Bertz CT molecular complexity index is 217. The van der Waals surface area contributed by atoms with Gasteiger partial charge in [0.05, 0.1) is 0 Å². The molecule has 10 heteroatoms. The van der Waals surface area contributed by atoms with Crippen molar-refractivity contribution < 1.29 is 26.6 Å². The highest BCUT2D eigenvalue weighted by Crippen LogP contribution is 2.40. The molecule has 0 aromatic rings. The molecule has 0 aliphatic heterocycles. The minimum absolute atomic E-state index is 0.258. The van der Waals surface area contributed by atoms with E-state index in [1.165, 1.54) is 0 Å². The van der Waals surface area contributed by atoms with Crippen molar-refractivity contribution in [2.75, 3.05) is 48.4 Å². The summed E-state index contributed by atoms with van der Waals surface area (Å²) in [6.45, 7) is 2.13. The predicted octanol–water partition coefficient (Wildman–Crippen LogP) is 1.98. The smallest absolute Gasteiger partial charge is 0.376 e. The highest BCUT2D eigenvalue weighted by atomic mass is 33.1. The molecule has 20 heavy (non-hydrogen) atoms. The topological polar surface area (TPSA) is 55.4 Å². The third kappa shape index (κ3) is 4.70. The van der Waals surface area contributed by atoms with Gasteiger partial charge < -0.3 is 26.6 Å². The van der Waals surface area contributed by atoms with Crippen LogP contribution in [0.4, 0.5) is 0 Å². The van der Waals surface area contributed by atoms with Gasteiger partial charge in [-0.2, -0.15) is 0 Å². The van der Waals surface area contributed by atoms with E-state index in [0.717, 1.165) is 12.2 Å². The monoisotopic (exact) mass is 362 g/mol. The maximum Gasteiger partial charge on any atom is 0.519 e. The van der Waals surface area contributed by atoms with Crippen LogP contribution in [0.5, 0.6) is 0 Å². The molecule has 0 N–H and O–H groups in total. The Kier molecular flexibility index (Phi) is 11.1. The summed E-state index contributed by atoms with van der Waals surface area (Å²) >= 11 is 0. The fraction of sp³-hybridized carbons (Fsp3) is 1.00. The highest BCUT2D eigenvalue weighted by molar-refractivity contribution is 8.77. The maximum atomic E-state index is 5.60. The first-order chi connectivity index (χ1) is 9.56. The van der Waals surface area contributed by atoms with Crippen LogP contribution in [0.2, 0.25) is 0 Å². The SMILES string of the molecule is CCCSSC([Si](OC)(OC)OC)[Si](OC)(OC)OC. The Morgan fingerprint density at radius 3 is 1.35 bits per heavy atom. The van der Waals surface area contributed by atoms with Crippen LogP contribution in [0.25, 0.3) is 0 Å². The number of hydrogen-bond donors (Lipinski definition) is 0. The molecule has 0 saturated heterocycles. The van der Waals surface area contributed by atoms with E-state index in [9.17, 15) is 0 Å². The maximum absolute atomic E-state index is 5.60. The van der Waals surface area contributed by atoms with Crippen LogP contribution >= 0.6 is 21.6 Å². The second kappa shape index (κ2) is 10.6. The van der Waals surface area contributed by atoms with Gasteiger partial charge in [-0.25, -0.2) is 0 Å². The Morgan fingerprint density at radius 1 is 0.750 bits per heavy atom. The standard InChI is InChI=1S/C10H26O6S2Si2/c1-8-9-17-18-10(19(11-2,12-3)13-4)20(14-5,15-6)16-7/h10H,8-9H2,1-7H3. The van der Waals surface area contributed by atoms with Crippen LogP contribution < -0.4 is 0 Å². The van der Waals surface area contributed by atoms with Crippen molar-refractivity contribution in [1.29, 1.82) is 0 Å². The molecule has 6 nitrogen and oxygen atoms in total. The summed E-state index contributed by atoms with van der Waals surface area (Å²) in [5, 5.41) is 0. The van der Waals surface area contributed by atoms with Gasteiger partial charge in [0.2, 0.25) is 0 Å². The molecule has 0 atom stereocenters. The molecule has 0 radical (unpaired) electrons. The summed E-state index contributed by atoms with van der Waals surface area (Å²) in [7, 11) is 6.86. The molecule has 0 bridgehead atoms. The molecule has 0 rings (SSSR count). The van der Waals surface area contributed by atoms with E-state index in [0.29, 0.717) is 0 Å². The first-order valence-corrected chi connectivity index (χ1v) is 12.1. The summed E-state index contributed by atoms with van der Waals surface area (Å²) in [6.07, 6.45) is 1.08. The molecule has 0 aliphatic carbocycles. The van der Waals surface area contributed by atoms with Crippen molar-refractivity contribution in [3.63, 3.8) is 0 Å². The van der Waals surface area contributed by atoms with Gasteiger partial charge in [-0.3, -0.25) is 0 Å². The van der Waals surface area contributed by atoms with E-state index >= 15 is 0 Å². The summed E-state index contributed by atoms with van der Waals surface area (Å²) < 4.78 is 33.3. The van der Waals surface area contributed by atoms with Crippen LogP contribution in [-0.4, -0.2) is 70.5 Å². The van der Waals surface area contributed by atoms with Gasteiger partial charge in [0.15, 0.2) is 4.50 Å². The first kappa shape index (κ1) is 20.9. The molecule has 0 saturated carbocycles. The molecular weight excluding hydrogens is 336 g/mol. The normalized spacial score (nSPS) is 13.2. The second-order valence-corrected chi connectivity index (χ2v) is 13.8. The third-order valence-corrected chi connectivity index (χ3v) is 15.5. The molecule has 0 aromatic heterocycles. The largest absolute Gasteiger partial charge is 0.519 e. The van der Waals surface area contributed by atoms with E-state index in [2.05, 4.69) is 6.92 Å². The number of hydrogen-bond acceptors (Lipinski definition) is 8. The van der Waals surface area contributed by atoms with E-state index in [-0.39, 0.29) is 4.50 Å². The van der Waals surface area contributed by atoms with Crippen molar-refractivity contribution >= 4 is 39.2 Å². The molecule has 0 heterocycles. The van der Waals surface area contributed by atoms with Crippen LogP contribution in [0.1, 0.15) is 13.3 Å². The first-order valence-electron chi connectivity index (χ1n) is 6.15. The summed E-state index contributed by atoms with van der Waals surface area (Å²) in [5.74, 6) is 1.00. The quantitative estimate of drug-likeness (QED) is 0.297. The molecule has 122 valence electrons. The summed E-state index contributed by atoms with van der Waals surface area (Å²) in [4.78, 5) is 0. The van der Waals surface area contributed by atoms with Crippen LogP contribution in [-0.2, 0) is 26.6 Å². The second-order valence-electron chi connectivity index (χ2n) is 3.73. The van der Waals surface area contributed by atoms with Gasteiger partial charge in [-0.1, -0.05) is 28.5 Å². The van der Waals surface area contributed by atoms with Gasteiger partial charge in [0, 0.05) is 48.4 Å². The van der Waals surface area contributed by atoms with Gasteiger partial charge in [-0.05, 0) is 6.42 Å². The van der Waals surface area contributed by atoms with Crippen molar-refractivity contribution in [3.8, 4) is 0 Å². The Morgan fingerprint density at radius 2 is 1.10 bits per heavy atom. The third-order valence-electron chi connectivity index (χ3n) is 2.80. The van der Waals surface area contributed by atoms with Gasteiger partial charge >= 0.3 is 17.6 Å². The van der Waals surface area contributed by atoms with Crippen molar-refractivity contribution in [1.82, 2.24) is 0 Å². The minimum atomic E-state index is -2.97. The lowest BCUT2D eigenvalue weighted by Gasteiger charge is -2.38. The molecular formula is C10H26O6S2Si2. The molecule has 0 unspecified atom stereocenters. The van der Waals surface area contributed by atoms with Crippen molar-refractivity contribution in [2.45, 2.75) is 17.8 Å². The molecule has 0 spiro atoms. The van der Waals surface area contributed by atoms with Crippen LogP contribution in [0.15, 0.2) is 0 Å². The van der Waals surface area contributed by atoms with E-state index in [1.807, 2.05) is 0 Å². The van der Waals surface area contributed by atoms with Crippen LogP contribution in [0, 0.1) is 0 Å². The van der Waals surface area contributed by atoms with E-state index in [1.54, 1.807) is 64.2 Å². The van der Waals surface area contributed by atoms with Gasteiger partial charge in [0.25, 0.3) is 0 Å². The lowest BCUT2D eigenvalue weighted by atomic mass is 10.6. The minimum Gasteiger partial charge on any atom is -0.376 e. The predicted molar refractivity (Wildman–Crippen MR) is 87.7 cm³/mol. The van der Waals surface area contributed by atoms with Gasteiger partial charge in [-0.15, -0.1) is 0 Å². The fourth-order valence-corrected chi connectivity index (χ4v) is 15.4. The Balaban J connectivity index is 5.43. The average molecular weight is 363 g/mol. The van der Waals surface area contributed by atoms with Crippen LogP contribution in [0.3, 0.4) is 0 Å². The van der Waals surface area contributed by atoms with Gasteiger partial charge in [0.1, 0.15) is 0 Å². The van der Waals surface area contributed by atoms with E-state index < -0.39 is 17.6 Å². The Labute approximate surface area is 132 Å². The van der Waals surface area contributed by atoms with E-state index in [4.69, 9.17) is 26.6 Å². The lowest BCUT2D eigenvalue weighted by Crippen LogP contribution is -2.68. The molecule has 0 aliphatic rings. The highest BCUT2D eigenvalue weighted by Gasteiger charge is 2.65. The summed E-state index contributed by atoms with van der Waals surface area (Å²) in [5.41, 5.74) is 0. The fourth-order valence-electron chi connectivity index (χ4n) is 1.68. The van der Waals surface area contributed by atoms with Crippen molar-refractivity contribution in [2.24, 2.45) is 0 Å². The lowest BCUT2D eigenvalue weighted by molar-refractivity contribution is 0.0940.